The summed E-state index contributed by atoms with van der Waals surface area (Å²) in [4.78, 5) is 13.7. The van der Waals surface area contributed by atoms with E-state index in [-0.39, 0.29) is 11.9 Å². The topological polar surface area (TPSA) is 20.3 Å². The van der Waals surface area contributed by atoms with Crippen molar-refractivity contribution in [3.8, 4) is 0 Å². The van der Waals surface area contributed by atoms with E-state index in [0.717, 1.165) is 3.57 Å². The Morgan fingerprint density at radius 2 is 2.07 bits per heavy atom. The van der Waals surface area contributed by atoms with Crippen molar-refractivity contribution in [3.63, 3.8) is 0 Å². The van der Waals surface area contributed by atoms with E-state index >= 15 is 0 Å². The third-order valence-corrected chi connectivity index (χ3v) is 3.38. The highest BCUT2D eigenvalue weighted by atomic mass is 127. The summed E-state index contributed by atoms with van der Waals surface area (Å²) in [7, 11) is 1.80. The van der Waals surface area contributed by atoms with Crippen LogP contribution in [0.2, 0.25) is 5.02 Å². The van der Waals surface area contributed by atoms with Gasteiger partial charge >= 0.3 is 0 Å². The molecule has 0 aliphatic carbocycles. The minimum atomic E-state index is 0.0334. The number of hydrogen-bond donors (Lipinski definition) is 0. The Hall–Kier alpha value is -0.290. The van der Waals surface area contributed by atoms with Crippen molar-refractivity contribution >= 4 is 40.1 Å². The van der Waals surface area contributed by atoms with Gasteiger partial charge in [0.15, 0.2) is 0 Å². The van der Waals surface area contributed by atoms with Crippen molar-refractivity contribution in [1.29, 1.82) is 0 Å². The molecule has 0 bridgehead atoms. The lowest BCUT2D eigenvalue weighted by Gasteiger charge is -2.22. The van der Waals surface area contributed by atoms with Gasteiger partial charge in [0.2, 0.25) is 0 Å². The fourth-order valence-electron chi connectivity index (χ4n) is 1.09. The first-order valence-corrected chi connectivity index (χ1v) is 6.11. The molecular formula is C11H13ClINO. The maximum absolute atomic E-state index is 12.0. The third-order valence-electron chi connectivity index (χ3n) is 2.26. The van der Waals surface area contributed by atoms with Crippen LogP contribution in [-0.4, -0.2) is 23.9 Å². The van der Waals surface area contributed by atoms with Crippen LogP contribution < -0.4 is 0 Å². The van der Waals surface area contributed by atoms with Crippen LogP contribution in [-0.2, 0) is 0 Å². The smallest absolute Gasteiger partial charge is 0.254 e. The molecule has 0 N–H and O–H groups in total. The number of halogens is 2. The molecule has 0 radical (unpaired) electrons. The average molecular weight is 338 g/mol. The Bertz CT molecular complexity index is 379. The van der Waals surface area contributed by atoms with Crippen LogP contribution in [0.4, 0.5) is 0 Å². The fourth-order valence-corrected chi connectivity index (χ4v) is 2.19. The van der Waals surface area contributed by atoms with Gasteiger partial charge in [-0.05, 0) is 54.6 Å². The molecule has 2 nitrogen and oxygen atoms in total. The monoisotopic (exact) mass is 337 g/mol. The Balaban J connectivity index is 3.01. The molecule has 0 saturated heterocycles. The summed E-state index contributed by atoms with van der Waals surface area (Å²) in [5.41, 5.74) is 0.705. The zero-order chi connectivity index (χ0) is 11.6. The second-order valence-corrected chi connectivity index (χ2v) is 5.23. The van der Waals surface area contributed by atoms with Crippen molar-refractivity contribution in [2.24, 2.45) is 0 Å². The summed E-state index contributed by atoms with van der Waals surface area (Å²) in [6, 6.07) is 5.50. The summed E-state index contributed by atoms with van der Waals surface area (Å²) in [6.07, 6.45) is 0. The van der Waals surface area contributed by atoms with E-state index in [0.29, 0.717) is 10.6 Å². The highest BCUT2D eigenvalue weighted by Crippen LogP contribution is 2.19. The van der Waals surface area contributed by atoms with Crippen molar-refractivity contribution in [1.82, 2.24) is 4.90 Å². The van der Waals surface area contributed by atoms with Gasteiger partial charge in [0, 0.05) is 21.7 Å². The molecule has 4 heteroatoms. The predicted octanol–water partition coefficient (Wildman–Crippen LogP) is 3.43. The van der Waals surface area contributed by atoms with Gasteiger partial charge < -0.3 is 4.90 Å². The summed E-state index contributed by atoms with van der Waals surface area (Å²) < 4.78 is 0.887. The molecule has 82 valence electrons. The Morgan fingerprint density at radius 3 is 2.53 bits per heavy atom. The van der Waals surface area contributed by atoms with Crippen molar-refractivity contribution < 1.29 is 4.79 Å². The number of benzene rings is 1. The zero-order valence-electron chi connectivity index (χ0n) is 8.92. The number of carbonyl (C=O) groups excluding carboxylic acids is 1. The summed E-state index contributed by atoms with van der Waals surface area (Å²) in [6.45, 7) is 3.97. The van der Waals surface area contributed by atoms with E-state index < -0.39 is 0 Å². The Kier molecular flexibility index (Phi) is 4.40. The minimum Gasteiger partial charge on any atom is -0.339 e. The van der Waals surface area contributed by atoms with Gasteiger partial charge in [-0.25, -0.2) is 0 Å². The van der Waals surface area contributed by atoms with Gasteiger partial charge in [0.25, 0.3) is 5.91 Å². The lowest BCUT2D eigenvalue weighted by atomic mass is 10.2. The largest absolute Gasteiger partial charge is 0.339 e. The SMILES string of the molecule is CC(C)N(C)C(=O)c1ccc(Cl)cc1I. The summed E-state index contributed by atoms with van der Waals surface area (Å²) in [5, 5.41) is 0.656. The third kappa shape index (κ3) is 3.08. The lowest BCUT2D eigenvalue weighted by Crippen LogP contribution is -2.33. The molecule has 1 aromatic rings. The first-order valence-electron chi connectivity index (χ1n) is 4.65. The maximum Gasteiger partial charge on any atom is 0.254 e. The molecule has 0 atom stereocenters. The number of rotatable bonds is 2. The van der Waals surface area contributed by atoms with Crippen LogP contribution in [0, 0.1) is 3.57 Å². The molecule has 0 saturated carbocycles. The zero-order valence-corrected chi connectivity index (χ0v) is 11.8. The first-order chi connectivity index (χ1) is 6.93. The minimum absolute atomic E-state index is 0.0334. The van der Waals surface area contributed by atoms with E-state index in [1.54, 1.807) is 30.1 Å². The van der Waals surface area contributed by atoms with Crippen molar-refractivity contribution in [3.05, 3.63) is 32.4 Å². The van der Waals surface area contributed by atoms with Gasteiger partial charge in [-0.1, -0.05) is 11.6 Å². The van der Waals surface area contributed by atoms with Crippen LogP contribution in [0.5, 0.6) is 0 Å². The Morgan fingerprint density at radius 1 is 1.47 bits per heavy atom. The Labute approximate surface area is 109 Å². The normalized spacial score (nSPS) is 10.5. The molecule has 1 amide bonds. The number of amides is 1. The number of hydrogen-bond acceptors (Lipinski definition) is 1. The van der Waals surface area contributed by atoms with Gasteiger partial charge in [-0.2, -0.15) is 0 Å². The molecule has 15 heavy (non-hydrogen) atoms. The number of nitrogens with zero attached hydrogens (tertiary/aromatic N) is 1. The predicted molar refractivity (Wildman–Crippen MR) is 71.4 cm³/mol. The van der Waals surface area contributed by atoms with Crippen molar-refractivity contribution in [2.75, 3.05) is 7.05 Å². The van der Waals surface area contributed by atoms with Gasteiger partial charge in [-0.15, -0.1) is 0 Å². The molecular weight excluding hydrogens is 324 g/mol. The molecule has 0 aliphatic rings. The molecule has 0 fully saturated rings. The molecule has 0 aromatic heterocycles. The lowest BCUT2D eigenvalue weighted by molar-refractivity contribution is 0.0754. The number of carbonyl (C=O) groups is 1. The van der Waals surface area contributed by atoms with E-state index in [2.05, 4.69) is 22.6 Å². The highest BCUT2D eigenvalue weighted by Gasteiger charge is 2.16. The molecule has 0 heterocycles. The van der Waals surface area contributed by atoms with Gasteiger partial charge in [-0.3, -0.25) is 4.79 Å². The molecule has 0 unspecified atom stereocenters. The summed E-state index contributed by atoms with van der Waals surface area (Å²) in [5.74, 6) is 0.0334. The quantitative estimate of drug-likeness (QED) is 0.757. The van der Waals surface area contributed by atoms with Crippen LogP contribution in [0.1, 0.15) is 24.2 Å². The van der Waals surface area contributed by atoms with E-state index in [4.69, 9.17) is 11.6 Å². The van der Waals surface area contributed by atoms with Gasteiger partial charge in [0.05, 0.1) is 5.56 Å². The fraction of sp³-hybridized carbons (Fsp3) is 0.364. The summed E-state index contributed by atoms with van der Waals surface area (Å²) >= 11 is 7.96. The standard InChI is InChI=1S/C11H13ClINO/c1-7(2)14(3)11(15)9-5-4-8(12)6-10(9)13/h4-7H,1-3H3. The van der Waals surface area contributed by atoms with Crippen LogP contribution in [0.15, 0.2) is 18.2 Å². The van der Waals surface area contributed by atoms with Crippen LogP contribution in [0.25, 0.3) is 0 Å². The second-order valence-electron chi connectivity index (χ2n) is 3.63. The maximum atomic E-state index is 12.0. The van der Waals surface area contributed by atoms with E-state index in [9.17, 15) is 4.79 Å². The molecule has 0 aliphatic heterocycles. The van der Waals surface area contributed by atoms with E-state index in [1.807, 2.05) is 13.8 Å². The van der Waals surface area contributed by atoms with Crippen LogP contribution in [0.3, 0.4) is 0 Å². The van der Waals surface area contributed by atoms with Gasteiger partial charge in [0.1, 0.15) is 0 Å². The second kappa shape index (κ2) is 5.16. The molecule has 1 rings (SSSR count). The average Bonchev–Trinajstić information content (AvgIpc) is 2.15. The van der Waals surface area contributed by atoms with Crippen molar-refractivity contribution in [2.45, 2.75) is 19.9 Å². The highest BCUT2D eigenvalue weighted by molar-refractivity contribution is 14.1. The van der Waals surface area contributed by atoms with Crippen LogP contribution >= 0.6 is 34.2 Å². The molecule has 0 spiro atoms. The molecule has 1 aromatic carbocycles. The van der Waals surface area contributed by atoms with E-state index in [1.165, 1.54) is 0 Å². The first kappa shape index (κ1) is 12.8.